The molecule has 0 saturated heterocycles. The molecule has 1 aromatic rings. The molecule has 8 nitrogen and oxygen atoms in total. The monoisotopic (exact) mass is 338 g/mol. The Morgan fingerprint density at radius 3 is 2.33 bits per heavy atom. The van der Waals surface area contributed by atoms with Crippen LogP contribution >= 0.6 is 0 Å². The molecule has 0 aliphatic carbocycles. The minimum Gasteiger partial charge on any atom is -0.460 e. The zero-order valence-electron chi connectivity index (χ0n) is 14.0. The normalized spacial score (nSPS) is 12.3. The number of nitrogens with two attached hydrogens (primary N) is 1. The average Bonchev–Trinajstić information content (AvgIpc) is 2.48. The number of non-ortho nitro benzene ring substituents is 1. The number of esters is 2. The van der Waals surface area contributed by atoms with E-state index in [1.165, 1.54) is 24.3 Å². The maximum absolute atomic E-state index is 11.8. The topological polar surface area (TPSA) is 122 Å². The van der Waals surface area contributed by atoms with E-state index in [1.807, 2.05) is 0 Å². The van der Waals surface area contributed by atoms with Gasteiger partial charge in [0, 0.05) is 18.6 Å². The van der Waals surface area contributed by atoms with E-state index in [0.717, 1.165) is 0 Å². The van der Waals surface area contributed by atoms with E-state index < -0.39 is 28.5 Å². The van der Waals surface area contributed by atoms with Crippen LogP contribution in [-0.2, 0) is 25.7 Å². The Labute approximate surface area is 140 Å². The van der Waals surface area contributed by atoms with Crippen LogP contribution in [0, 0.1) is 10.1 Å². The first-order chi connectivity index (χ1) is 11.1. The van der Waals surface area contributed by atoms with Crippen molar-refractivity contribution in [2.75, 3.05) is 0 Å². The number of rotatable bonds is 7. The molecule has 0 radical (unpaired) electrons. The Kier molecular flexibility index (Phi) is 6.84. The van der Waals surface area contributed by atoms with Crippen LogP contribution in [0.25, 0.3) is 0 Å². The van der Waals surface area contributed by atoms with Crippen LogP contribution in [0.5, 0.6) is 0 Å². The summed E-state index contributed by atoms with van der Waals surface area (Å²) in [5.74, 6) is -1.07. The third-order valence-corrected chi connectivity index (χ3v) is 2.91. The van der Waals surface area contributed by atoms with E-state index in [-0.39, 0.29) is 25.1 Å². The molecule has 0 heterocycles. The third kappa shape index (κ3) is 7.19. The molecular weight excluding hydrogens is 316 g/mol. The van der Waals surface area contributed by atoms with Crippen molar-refractivity contribution in [3.63, 3.8) is 0 Å². The van der Waals surface area contributed by atoms with Gasteiger partial charge < -0.3 is 15.2 Å². The summed E-state index contributed by atoms with van der Waals surface area (Å²) in [7, 11) is 0. The second-order valence-corrected chi connectivity index (χ2v) is 6.26. The Morgan fingerprint density at radius 2 is 1.83 bits per heavy atom. The van der Waals surface area contributed by atoms with Crippen molar-refractivity contribution < 1.29 is 24.0 Å². The summed E-state index contributed by atoms with van der Waals surface area (Å²) < 4.78 is 10.2. The summed E-state index contributed by atoms with van der Waals surface area (Å²) in [5.41, 5.74) is 5.66. The Morgan fingerprint density at radius 1 is 1.25 bits per heavy atom. The predicted molar refractivity (Wildman–Crippen MR) is 85.9 cm³/mol. The average molecular weight is 338 g/mol. The molecular formula is C16H22N2O6. The van der Waals surface area contributed by atoms with Crippen LogP contribution in [0.3, 0.4) is 0 Å². The zero-order chi connectivity index (χ0) is 18.3. The number of ether oxygens (including phenoxy) is 2. The minimum absolute atomic E-state index is 0.0189. The van der Waals surface area contributed by atoms with Crippen molar-refractivity contribution >= 4 is 17.6 Å². The number of hydrogen-bond donors (Lipinski definition) is 1. The molecule has 8 heteroatoms. The summed E-state index contributed by atoms with van der Waals surface area (Å²) in [6.07, 6.45) is 0.138. The standard InChI is InChI=1S/C16H22N2O6/c1-16(2,3)24-14(19)9-8-13(17)15(20)23-10-11-4-6-12(7-5-11)18(21)22/h4-7,13H,8-10,17H2,1-3H3/t13-/m0/s1. The molecule has 0 aromatic heterocycles. The number of benzene rings is 1. The lowest BCUT2D eigenvalue weighted by Gasteiger charge is -2.20. The molecule has 0 unspecified atom stereocenters. The first-order valence-electron chi connectivity index (χ1n) is 7.46. The molecule has 2 N–H and O–H groups in total. The lowest BCUT2D eigenvalue weighted by atomic mass is 10.1. The first-order valence-corrected chi connectivity index (χ1v) is 7.46. The highest BCUT2D eigenvalue weighted by molar-refractivity contribution is 5.77. The van der Waals surface area contributed by atoms with Gasteiger partial charge in [-0.2, -0.15) is 0 Å². The summed E-state index contributed by atoms with van der Waals surface area (Å²) in [6.45, 7) is 5.22. The number of carbonyl (C=O) groups excluding carboxylic acids is 2. The number of nitro benzene ring substituents is 1. The van der Waals surface area contributed by atoms with E-state index in [0.29, 0.717) is 5.56 Å². The molecule has 0 aliphatic rings. The van der Waals surface area contributed by atoms with E-state index in [4.69, 9.17) is 15.2 Å². The van der Waals surface area contributed by atoms with Gasteiger partial charge in [-0.3, -0.25) is 19.7 Å². The molecule has 0 bridgehead atoms. The lowest BCUT2D eigenvalue weighted by molar-refractivity contribution is -0.384. The van der Waals surface area contributed by atoms with Gasteiger partial charge in [0.1, 0.15) is 18.2 Å². The van der Waals surface area contributed by atoms with Gasteiger partial charge in [0.25, 0.3) is 5.69 Å². The molecule has 0 fully saturated rings. The van der Waals surface area contributed by atoms with Crippen LogP contribution in [-0.4, -0.2) is 28.5 Å². The molecule has 24 heavy (non-hydrogen) atoms. The van der Waals surface area contributed by atoms with Crippen LogP contribution in [0.15, 0.2) is 24.3 Å². The van der Waals surface area contributed by atoms with Crippen LogP contribution in [0.1, 0.15) is 39.2 Å². The van der Waals surface area contributed by atoms with Crippen molar-refractivity contribution in [1.82, 2.24) is 0 Å². The summed E-state index contributed by atoms with van der Waals surface area (Å²) in [6, 6.07) is 4.71. The zero-order valence-corrected chi connectivity index (χ0v) is 14.0. The van der Waals surface area contributed by atoms with Gasteiger partial charge in [-0.1, -0.05) is 0 Å². The van der Waals surface area contributed by atoms with Crippen LogP contribution in [0.4, 0.5) is 5.69 Å². The van der Waals surface area contributed by atoms with Gasteiger partial charge >= 0.3 is 11.9 Å². The van der Waals surface area contributed by atoms with Gasteiger partial charge in [0.15, 0.2) is 0 Å². The second-order valence-electron chi connectivity index (χ2n) is 6.26. The fraction of sp³-hybridized carbons (Fsp3) is 0.500. The van der Waals surface area contributed by atoms with E-state index in [9.17, 15) is 19.7 Å². The largest absolute Gasteiger partial charge is 0.460 e. The predicted octanol–water partition coefficient (Wildman–Crippen LogP) is 2.09. The summed E-state index contributed by atoms with van der Waals surface area (Å²) in [4.78, 5) is 33.4. The van der Waals surface area contributed by atoms with Gasteiger partial charge in [0.05, 0.1) is 4.92 Å². The number of nitrogens with zero attached hydrogens (tertiary/aromatic N) is 1. The number of hydrogen-bond acceptors (Lipinski definition) is 7. The van der Waals surface area contributed by atoms with Crippen molar-refractivity contribution in [2.24, 2.45) is 5.73 Å². The van der Waals surface area contributed by atoms with Crippen molar-refractivity contribution in [1.29, 1.82) is 0 Å². The quantitative estimate of drug-likeness (QED) is 0.459. The fourth-order valence-corrected chi connectivity index (χ4v) is 1.76. The summed E-state index contributed by atoms with van der Waals surface area (Å²) >= 11 is 0. The molecule has 0 amide bonds. The number of carbonyl (C=O) groups is 2. The molecule has 1 atom stereocenters. The highest BCUT2D eigenvalue weighted by Crippen LogP contribution is 2.13. The maximum atomic E-state index is 11.8. The van der Waals surface area contributed by atoms with Crippen molar-refractivity contribution in [2.45, 2.75) is 51.9 Å². The summed E-state index contributed by atoms with van der Waals surface area (Å²) in [5, 5.41) is 10.5. The van der Waals surface area contributed by atoms with Gasteiger partial charge in [-0.25, -0.2) is 0 Å². The minimum atomic E-state index is -0.935. The fourth-order valence-electron chi connectivity index (χ4n) is 1.76. The molecule has 0 saturated carbocycles. The molecule has 0 aliphatic heterocycles. The SMILES string of the molecule is CC(C)(C)OC(=O)CC[C@H](N)C(=O)OCc1ccc([N+](=O)[O-])cc1. The maximum Gasteiger partial charge on any atom is 0.323 e. The van der Waals surface area contributed by atoms with Crippen molar-refractivity contribution in [3.8, 4) is 0 Å². The van der Waals surface area contributed by atoms with Gasteiger partial charge in [-0.15, -0.1) is 0 Å². The molecule has 1 rings (SSSR count). The van der Waals surface area contributed by atoms with E-state index in [1.54, 1.807) is 20.8 Å². The van der Waals surface area contributed by atoms with E-state index in [2.05, 4.69) is 0 Å². The lowest BCUT2D eigenvalue weighted by Crippen LogP contribution is -2.33. The van der Waals surface area contributed by atoms with Gasteiger partial charge in [0.2, 0.25) is 0 Å². The molecule has 0 spiro atoms. The highest BCUT2D eigenvalue weighted by atomic mass is 16.6. The highest BCUT2D eigenvalue weighted by Gasteiger charge is 2.20. The second kappa shape index (κ2) is 8.39. The first kappa shape index (κ1) is 19.6. The van der Waals surface area contributed by atoms with Crippen LogP contribution in [0.2, 0.25) is 0 Å². The van der Waals surface area contributed by atoms with E-state index >= 15 is 0 Å². The third-order valence-electron chi connectivity index (χ3n) is 2.91. The van der Waals surface area contributed by atoms with Gasteiger partial charge in [-0.05, 0) is 44.9 Å². The Balaban J connectivity index is 2.39. The Bertz CT molecular complexity index is 592. The molecule has 132 valence electrons. The number of nitro groups is 1. The molecule has 1 aromatic carbocycles. The smallest absolute Gasteiger partial charge is 0.323 e. The van der Waals surface area contributed by atoms with Crippen LogP contribution < -0.4 is 5.73 Å². The van der Waals surface area contributed by atoms with Crippen molar-refractivity contribution in [3.05, 3.63) is 39.9 Å². The Hall–Kier alpha value is -2.48.